The first-order chi connectivity index (χ1) is 17.6. The van der Waals surface area contributed by atoms with Crippen molar-refractivity contribution in [2.24, 2.45) is 0 Å². The summed E-state index contributed by atoms with van der Waals surface area (Å²) in [5.74, 6) is -1.85. The molecule has 2 aromatic heterocycles. The third kappa shape index (κ3) is 4.28. The van der Waals surface area contributed by atoms with Crippen molar-refractivity contribution in [1.82, 2.24) is 14.5 Å². The highest BCUT2D eigenvalue weighted by Crippen LogP contribution is 2.40. The topological polar surface area (TPSA) is 77.0 Å². The van der Waals surface area contributed by atoms with Gasteiger partial charge >= 0.3 is 6.18 Å². The van der Waals surface area contributed by atoms with Crippen molar-refractivity contribution >= 4 is 28.4 Å². The first-order valence-electron chi connectivity index (χ1n) is 11.7. The first-order valence-corrected chi connectivity index (χ1v) is 11.7. The highest BCUT2D eigenvalue weighted by atomic mass is 19.4. The van der Waals surface area contributed by atoms with Crippen LogP contribution in [0.4, 0.5) is 33.5 Å². The standard InChI is InChI=1S/C26H22F5N5O/c1-2-8-35-12-18(22-24(32)33-13-34-25(22)35)16-4-6-20-17(23(16)28)7-9-36(20)21(37)11-14-10-15(26(29,30)31)3-5-19(14)27/h3-6,10,12-13H,2,7-9,11H2,1H3,(H2,32,33,34). The number of benzene rings is 2. The van der Waals surface area contributed by atoms with Crippen LogP contribution in [0.25, 0.3) is 22.2 Å². The molecule has 1 amide bonds. The number of hydrogen-bond donors (Lipinski definition) is 1. The Kier molecular flexibility index (Phi) is 6.09. The minimum atomic E-state index is -4.67. The van der Waals surface area contributed by atoms with E-state index in [0.717, 1.165) is 6.42 Å². The van der Waals surface area contributed by atoms with E-state index in [1.165, 1.54) is 17.3 Å². The third-order valence-corrected chi connectivity index (χ3v) is 6.55. The fourth-order valence-electron chi connectivity index (χ4n) is 4.82. The predicted octanol–water partition coefficient (Wildman–Crippen LogP) is 5.52. The third-order valence-electron chi connectivity index (χ3n) is 6.55. The molecule has 6 nitrogen and oxygen atoms in total. The van der Waals surface area contributed by atoms with E-state index in [0.29, 0.717) is 52.6 Å². The quantitative estimate of drug-likeness (QED) is 0.355. The smallest absolute Gasteiger partial charge is 0.383 e. The zero-order valence-corrected chi connectivity index (χ0v) is 19.7. The fourth-order valence-corrected chi connectivity index (χ4v) is 4.82. The second kappa shape index (κ2) is 9.13. The lowest BCUT2D eigenvalue weighted by molar-refractivity contribution is -0.137. The van der Waals surface area contributed by atoms with Gasteiger partial charge in [0.2, 0.25) is 5.91 Å². The van der Waals surface area contributed by atoms with E-state index >= 15 is 4.39 Å². The van der Waals surface area contributed by atoms with Crippen molar-refractivity contribution in [3.05, 3.63) is 71.2 Å². The fraction of sp³-hybridized carbons (Fsp3) is 0.269. The summed E-state index contributed by atoms with van der Waals surface area (Å²) in [7, 11) is 0. The number of alkyl halides is 3. The number of carbonyl (C=O) groups is 1. The number of aryl methyl sites for hydroxylation is 1. The van der Waals surface area contributed by atoms with Crippen LogP contribution in [0.1, 0.15) is 30.0 Å². The lowest BCUT2D eigenvalue weighted by atomic mass is 10.0. The van der Waals surface area contributed by atoms with E-state index < -0.39 is 35.7 Å². The molecule has 4 aromatic rings. The Hall–Kier alpha value is -4.02. The molecule has 0 saturated carbocycles. The van der Waals surface area contributed by atoms with Gasteiger partial charge in [-0.25, -0.2) is 18.7 Å². The molecule has 0 aliphatic carbocycles. The molecule has 5 rings (SSSR count). The number of anilines is 2. The van der Waals surface area contributed by atoms with Crippen LogP contribution in [0.3, 0.4) is 0 Å². The second-order valence-electron chi connectivity index (χ2n) is 8.89. The molecule has 37 heavy (non-hydrogen) atoms. The molecule has 0 spiro atoms. The van der Waals surface area contributed by atoms with Crippen molar-refractivity contribution in [3.8, 4) is 11.1 Å². The summed E-state index contributed by atoms with van der Waals surface area (Å²) >= 11 is 0. The van der Waals surface area contributed by atoms with Crippen LogP contribution in [0.5, 0.6) is 0 Å². The van der Waals surface area contributed by atoms with Gasteiger partial charge in [0.1, 0.15) is 29.4 Å². The molecule has 0 fully saturated rings. The van der Waals surface area contributed by atoms with Gasteiger partial charge in [-0.05, 0) is 48.7 Å². The van der Waals surface area contributed by atoms with E-state index in [4.69, 9.17) is 5.73 Å². The molecule has 0 saturated heterocycles. The molecule has 0 atom stereocenters. The summed E-state index contributed by atoms with van der Waals surface area (Å²) in [5.41, 5.74) is 6.69. The van der Waals surface area contributed by atoms with Crippen molar-refractivity contribution in [2.75, 3.05) is 17.2 Å². The van der Waals surface area contributed by atoms with Crippen molar-refractivity contribution in [2.45, 2.75) is 38.9 Å². The highest BCUT2D eigenvalue weighted by Gasteiger charge is 2.33. The Balaban J connectivity index is 1.49. The Morgan fingerprint density at radius 1 is 1.11 bits per heavy atom. The Morgan fingerprint density at radius 3 is 2.62 bits per heavy atom. The van der Waals surface area contributed by atoms with Crippen LogP contribution in [0.2, 0.25) is 0 Å². The van der Waals surface area contributed by atoms with E-state index in [-0.39, 0.29) is 29.9 Å². The monoisotopic (exact) mass is 515 g/mol. The summed E-state index contributed by atoms with van der Waals surface area (Å²) in [6.07, 6.45) is -1.10. The molecule has 1 aliphatic heterocycles. The predicted molar refractivity (Wildman–Crippen MR) is 129 cm³/mol. The maximum Gasteiger partial charge on any atom is 0.416 e. The number of halogens is 5. The number of nitrogen functional groups attached to an aromatic ring is 1. The second-order valence-corrected chi connectivity index (χ2v) is 8.89. The molecular formula is C26H22F5N5O. The number of hydrogen-bond acceptors (Lipinski definition) is 4. The van der Waals surface area contributed by atoms with Crippen LogP contribution >= 0.6 is 0 Å². The Labute approximate surface area is 208 Å². The van der Waals surface area contributed by atoms with Gasteiger partial charge < -0.3 is 15.2 Å². The molecule has 0 bridgehead atoms. The number of rotatable bonds is 5. The van der Waals surface area contributed by atoms with Gasteiger partial charge in [-0.1, -0.05) is 6.92 Å². The largest absolute Gasteiger partial charge is 0.416 e. The van der Waals surface area contributed by atoms with E-state index in [2.05, 4.69) is 9.97 Å². The summed E-state index contributed by atoms with van der Waals surface area (Å²) in [4.78, 5) is 22.6. The molecule has 11 heteroatoms. The first kappa shape index (κ1) is 24.7. The van der Waals surface area contributed by atoms with Crippen LogP contribution < -0.4 is 10.6 Å². The van der Waals surface area contributed by atoms with Crippen molar-refractivity contribution in [1.29, 1.82) is 0 Å². The van der Waals surface area contributed by atoms with Gasteiger partial charge in [-0.15, -0.1) is 0 Å². The van der Waals surface area contributed by atoms with E-state index in [1.807, 2.05) is 11.5 Å². The van der Waals surface area contributed by atoms with Gasteiger partial charge in [0.05, 0.1) is 17.4 Å². The molecule has 1 aliphatic rings. The van der Waals surface area contributed by atoms with E-state index in [1.54, 1.807) is 12.3 Å². The number of amides is 1. The molecule has 0 radical (unpaired) electrons. The number of fused-ring (bicyclic) bond motifs is 2. The molecule has 2 N–H and O–H groups in total. The SMILES string of the molecule is CCCn1cc(-c2ccc3c(c2F)CCN3C(=O)Cc2cc(C(F)(F)F)ccc2F)c2c(N)ncnc21. The van der Waals surface area contributed by atoms with E-state index in [9.17, 15) is 22.4 Å². The lowest BCUT2D eigenvalue weighted by Gasteiger charge is -2.19. The Bertz CT molecular complexity index is 1530. The summed E-state index contributed by atoms with van der Waals surface area (Å²) in [6.45, 7) is 2.77. The van der Waals surface area contributed by atoms with Gasteiger partial charge in [0.25, 0.3) is 0 Å². The summed E-state index contributed by atoms with van der Waals surface area (Å²) in [6, 6.07) is 5.07. The molecule has 2 aromatic carbocycles. The highest BCUT2D eigenvalue weighted by molar-refractivity contribution is 6.02. The average Bonchev–Trinajstić information content (AvgIpc) is 3.44. The van der Waals surface area contributed by atoms with Gasteiger partial charge in [-0.3, -0.25) is 4.79 Å². The van der Waals surface area contributed by atoms with Crippen LogP contribution in [0, 0.1) is 11.6 Å². The molecular weight excluding hydrogens is 493 g/mol. The normalized spacial score (nSPS) is 13.4. The number of nitrogens with zero attached hydrogens (tertiary/aromatic N) is 4. The summed E-state index contributed by atoms with van der Waals surface area (Å²) in [5, 5.41) is 0.528. The number of carbonyl (C=O) groups excluding carboxylic acids is 1. The lowest BCUT2D eigenvalue weighted by Crippen LogP contribution is -2.30. The summed E-state index contributed by atoms with van der Waals surface area (Å²) < 4.78 is 71.0. The Morgan fingerprint density at radius 2 is 1.89 bits per heavy atom. The van der Waals surface area contributed by atoms with Gasteiger partial charge in [0, 0.05) is 41.7 Å². The number of aromatic nitrogens is 3. The van der Waals surface area contributed by atoms with Gasteiger partial charge in [0.15, 0.2) is 0 Å². The van der Waals surface area contributed by atoms with Crippen LogP contribution in [-0.2, 0) is 30.4 Å². The molecule has 192 valence electrons. The molecule has 3 heterocycles. The zero-order valence-electron chi connectivity index (χ0n) is 19.7. The maximum atomic E-state index is 15.8. The average molecular weight is 515 g/mol. The minimum absolute atomic E-state index is 0.123. The zero-order chi connectivity index (χ0) is 26.5. The van der Waals surface area contributed by atoms with Crippen molar-refractivity contribution in [3.63, 3.8) is 0 Å². The van der Waals surface area contributed by atoms with Gasteiger partial charge in [-0.2, -0.15) is 13.2 Å². The molecule has 0 unspecified atom stereocenters. The number of nitrogens with two attached hydrogens (primary N) is 1. The minimum Gasteiger partial charge on any atom is -0.383 e. The van der Waals surface area contributed by atoms with Crippen LogP contribution in [-0.4, -0.2) is 27.0 Å². The van der Waals surface area contributed by atoms with Crippen LogP contribution in [0.15, 0.2) is 42.9 Å². The maximum absolute atomic E-state index is 15.8. The van der Waals surface area contributed by atoms with Crippen molar-refractivity contribution < 1.29 is 26.7 Å².